The Morgan fingerprint density at radius 2 is 1.76 bits per heavy atom. The zero-order valence-corrected chi connectivity index (χ0v) is 25.6. The first-order valence-corrected chi connectivity index (χ1v) is 16.1. The summed E-state index contributed by atoms with van der Waals surface area (Å²) >= 11 is 0. The maximum Gasteiger partial charge on any atom is 0.306 e. The van der Waals surface area contributed by atoms with E-state index in [2.05, 4.69) is 10.3 Å². The number of allylic oxidation sites excluding steroid dienone is 1. The van der Waals surface area contributed by atoms with Gasteiger partial charge in [-0.3, -0.25) is 19.2 Å². The summed E-state index contributed by atoms with van der Waals surface area (Å²) in [5.41, 5.74) is 2.49. The molecule has 0 aliphatic heterocycles. The first-order chi connectivity index (χ1) is 19.7. The summed E-state index contributed by atoms with van der Waals surface area (Å²) in [4.78, 5) is 52.8. The average Bonchev–Trinajstić information content (AvgIpc) is 3.46. The van der Waals surface area contributed by atoms with Crippen molar-refractivity contribution < 1.29 is 33.3 Å². The number of carbonyl (C=O) groups is 4. The second-order valence-electron chi connectivity index (χ2n) is 9.84. The van der Waals surface area contributed by atoms with Gasteiger partial charge in [0.05, 0.1) is 6.61 Å². The molecule has 0 spiro atoms. The summed E-state index contributed by atoms with van der Waals surface area (Å²) in [6.07, 6.45) is 4.52. The van der Waals surface area contributed by atoms with Crippen LogP contribution < -0.4 is 0 Å². The van der Waals surface area contributed by atoms with Crippen molar-refractivity contribution in [2.45, 2.75) is 77.4 Å². The van der Waals surface area contributed by atoms with Gasteiger partial charge in [0, 0.05) is 61.3 Å². The number of carbonyl (C=O) groups excluding carboxylic acids is 4. The van der Waals surface area contributed by atoms with E-state index in [-0.39, 0.29) is 49.4 Å². The van der Waals surface area contributed by atoms with Crippen LogP contribution in [-0.4, -0.2) is 83.0 Å². The SMILES string of the molecule is CCSS/C(CCOC(=O)CCCC(=O)O[C@H]1CC[C@H](N(C)C(=O)c2ccc3nonc3c2)CC1)=C(/C)N(C)C=O. The van der Waals surface area contributed by atoms with Crippen molar-refractivity contribution in [2.24, 2.45) is 0 Å². The van der Waals surface area contributed by atoms with Gasteiger partial charge in [0.25, 0.3) is 5.91 Å². The lowest BCUT2D eigenvalue weighted by atomic mass is 9.91. The van der Waals surface area contributed by atoms with E-state index in [1.54, 1.807) is 58.8 Å². The van der Waals surface area contributed by atoms with E-state index in [1.807, 2.05) is 13.8 Å². The number of amides is 2. The lowest BCUT2D eigenvalue weighted by Crippen LogP contribution is -2.41. The van der Waals surface area contributed by atoms with Gasteiger partial charge >= 0.3 is 11.9 Å². The summed E-state index contributed by atoms with van der Waals surface area (Å²) in [6.45, 7) is 4.13. The summed E-state index contributed by atoms with van der Waals surface area (Å²) in [5, 5.41) is 7.56. The van der Waals surface area contributed by atoms with Crippen molar-refractivity contribution in [2.75, 3.05) is 26.5 Å². The van der Waals surface area contributed by atoms with Gasteiger partial charge in [0.1, 0.15) is 17.1 Å². The number of ether oxygens (including phenoxy) is 2. The zero-order chi connectivity index (χ0) is 29.8. The smallest absolute Gasteiger partial charge is 0.306 e. The fourth-order valence-electron chi connectivity index (χ4n) is 4.48. The van der Waals surface area contributed by atoms with Crippen LogP contribution in [0.2, 0.25) is 0 Å². The molecule has 0 bridgehead atoms. The molecule has 0 unspecified atom stereocenters. The molecule has 224 valence electrons. The Bertz CT molecular complexity index is 1230. The van der Waals surface area contributed by atoms with Crippen LogP contribution in [0.25, 0.3) is 11.0 Å². The Labute approximate surface area is 248 Å². The third-order valence-electron chi connectivity index (χ3n) is 7.03. The van der Waals surface area contributed by atoms with E-state index in [4.69, 9.17) is 14.1 Å². The fourth-order valence-corrected chi connectivity index (χ4v) is 6.56. The van der Waals surface area contributed by atoms with Crippen LogP contribution >= 0.6 is 21.6 Å². The Kier molecular flexibility index (Phi) is 13.0. The molecule has 0 radical (unpaired) electrons. The predicted molar refractivity (Wildman–Crippen MR) is 158 cm³/mol. The van der Waals surface area contributed by atoms with Crippen LogP contribution in [-0.2, 0) is 23.9 Å². The Hall–Kier alpha value is -3.06. The molecule has 2 amide bonds. The number of aromatic nitrogens is 2. The van der Waals surface area contributed by atoms with Crippen LogP contribution in [0.1, 0.15) is 75.6 Å². The zero-order valence-electron chi connectivity index (χ0n) is 24.0. The van der Waals surface area contributed by atoms with Crippen molar-refractivity contribution in [1.82, 2.24) is 20.1 Å². The van der Waals surface area contributed by atoms with Gasteiger partial charge in [-0.1, -0.05) is 28.5 Å². The number of hydrogen-bond donors (Lipinski definition) is 0. The normalized spacial score (nSPS) is 17.5. The Morgan fingerprint density at radius 3 is 2.46 bits per heavy atom. The molecule has 1 saturated carbocycles. The number of fused-ring (bicyclic) bond motifs is 1. The number of rotatable bonds is 15. The Morgan fingerprint density at radius 1 is 1.05 bits per heavy atom. The molecule has 1 aromatic heterocycles. The van der Waals surface area contributed by atoms with E-state index in [1.165, 1.54) is 4.90 Å². The molecule has 1 aromatic carbocycles. The fraction of sp³-hybridized carbons (Fsp3) is 0.571. The molecule has 1 fully saturated rings. The van der Waals surface area contributed by atoms with Crippen LogP contribution in [0.5, 0.6) is 0 Å². The maximum atomic E-state index is 13.0. The van der Waals surface area contributed by atoms with E-state index >= 15 is 0 Å². The van der Waals surface area contributed by atoms with Gasteiger partial charge in [-0.05, 0) is 67.5 Å². The molecule has 3 rings (SSSR count). The molecule has 2 aromatic rings. The van der Waals surface area contributed by atoms with Gasteiger partial charge in [-0.2, -0.15) is 0 Å². The number of esters is 2. The standard InChI is InChI=1S/C28H38N4O7S2/c1-5-40-41-25(19(2)31(3)18-33)15-16-37-26(34)7-6-8-27(35)38-22-12-10-21(11-13-22)32(4)28(36)20-9-14-23-24(17-20)30-39-29-23/h9,14,17-18,21-22H,5-8,10-13,15-16H2,1-4H3/b25-19-/t21-,22-. The minimum absolute atomic E-state index is 0.0512. The summed E-state index contributed by atoms with van der Waals surface area (Å²) in [6, 6.07) is 5.14. The van der Waals surface area contributed by atoms with Gasteiger partial charge in [-0.25, -0.2) is 4.63 Å². The molecule has 13 heteroatoms. The molecule has 41 heavy (non-hydrogen) atoms. The van der Waals surface area contributed by atoms with Gasteiger partial charge in [-0.15, -0.1) is 0 Å². The molecule has 1 aliphatic carbocycles. The third-order valence-corrected chi connectivity index (χ3v) is 9.75. The first kappa shape index (κ1) is 32.5. The second-order valence-corrected chi connectivity index (χ2v) is 12.5. The monoisotopic (exact) mass is 606 g/mol. The van der Waals surface area contributed by atoms with E-state index in [9.17, 15) is 19.2 Å². The van der Waals surface area contributed by atoms with Gasteiger partial charge in [0.2, 0.25) is 6.41 Å². The summed E-state index contributed by atoms with van der Waals surface area (Å²) in [7, 11) is 6.72. The van der Waals surface area contributed by atoms with E-state index in [0.717, 1.165) is 35.6 Å². The summed E-state index contributed by atoms with van der Waals surface area (Å²) < 4.78 is 15.7. The minimum atomic E-state index is -0.362. The average molecular weight is 607 g/mol. The van der Waals surface area contributed by atoms with Crippen LogP contribution in [0.15, 0.2) is 33.4 Å². The van der Waals surface area contributed by atoms with Crippen LogP contribution in [0, 0.1) is 0 Å². The lowest BCUT2D eigenvalue weighted by molar-refractivity contribution is -0.151. The van der Waals surface area contributed by atoms with E-state index < -0.39 is 0 Å². The number of benzene rings is 1. The molecule has 0 atom stereocenters. The third kappa shape index (κ3) is 9.77. The number of nitrogens with zero attached hydrogens (tertiary/aromatic N) is 4. The summed E-state index contributed by atoms with van der Waals surface area (Å²) in [5.74, 6) is 0.127. The number of hydrogen-bond acceptors (Lipinski definition) is 11. The lowest BCUT2D eigenvalue weighted by Gasteiger charge is -2.34. The molecule has 0 saturated heterocycles. The van der Waals surface area contributed by atoms with Crippen molar-refractivity contribution in [1.29, 1.82) is 0 Å². The molecular weight excluding hydrogens is 568 g/mol. The van der Waals surface area contributed by atoms with Gasteiger partial charge in [0.15, 0.2) is 0 Å². The highest BCUT2D eigenvalue weighted by molar-refractivity contribution is 8.78. The van der Waals surface area contributed by atoms with Gasteiger partial charge < -0.3 is 19.3 Å². The highest BCUT2D eigenvalue weighted by atomic mass is 33.1. The quantitative estimate of drug-likeness (QED) is 0.155. The topological polar surface area (TPSA) is 132 Å². The molecule has 11 nitrogen and oxygen atoms in total. The minimum Gasteiger partial charge on any atom is -0.465 e. The van der Waals surface area contributed by atoms with E-state index in [0.29, 0.717) is 42.3 Å². The van der Waals surface area contributed by atoms with Crippen molar-refractivity contribution in [3.05, 3.63) is 34.4 Å². The maximum absolute atomic E-state index is 13.0. The predicted octanol–water partition coefficient (Wildman–Crippen LogP) is 4.97. The highest BCUT2D eigenvalue weighted by Crippen LogP contribution is 2.34. The van der Waals surface area contributed by atoms with Crippen molar-refractivity contribution in [3.8, 4) is 0 Å². The highest BCUT2D eigenvalue weighted by Gasteiger charge is 2.29. The van der Waals surface area contributed by atoms with Crippen LogP contribution in [0.3, 0.4) is 0 Å². The molecule has 1 heterocycles. The largest absolute Gasteiger partial charge is 0.465 e. The van der Waals surface area contributed by atoms with Crippen molar-refractivity contribution in [3.63, 3.8) is 0 Å². The molecule has 0 N–H and O–H groups in total. The van der Waals surface area contributed by atoms with Crippen molar-refractivity contribution >= 4 is 56.9 Å². The molecule has 1 aliphatic rings. The second kappa shape index (κ2) is 16.4. The van der Waals surface area contributed by atoms with Crippen LogP contribution in [0.4, 0.5) is 0 Å². The molecular formula is C28H38N4O7S2. The first-order valence-electron chi connectivity index (χ1n) is 13.7. The Balaban J connectivity index is 1.33.